The van der Waals surface area contributed by atoms with Crippen molar-refractivity contribution in [2.24, 2.45) is 0 Å². The Bertz CT molecular complexity index is 3000. The highest BCUT2D eigenvalue weighted by Crippen LogP contribution is 2.45. The first-order valence-corrected chi connectivity index (χ1v) is 18.4. The molecule has 0 amide bonds. The lowest BCUT2D eigenvalue weighted by Crippen LogP contribution is -1.93. The Labute approximate surface area is 295 Å². The fourth-order valence-corrected chi connectivity index (χ4v) is 10.3. The molecular formula is C46H26N2S2. The van der Waals surface area contributed by atoms with Gasteiger partial charge in [-0.05, 0) is 63.4 Å². The van der Waals surface area contributed by atoms with Gasteiger partial charge in [0.1, 0.15) is 0 Å². The van der Waals surface area contributed by atoms with Gasteiger partial charge in [0, 0.05) is 56.7 Å². The summed E-state index contributed by atoms with van der Waals surface area (Å²) >= 11 is 3.74. The molecule has 0 aliphatic heterocycles. The molecule has 0 radical (unpaired) electrons. The average molecular weight is 671 g/mol. The van der Waals surface area contributed by atoms with E-state index in [2.05, 4.69) is 152 Å². The third-order valence-electron chi connectivity index (χ3n) is 10.1. The zero-order valence-corrected chi connectivity index (χ0v) is 28.4. The summed E-state index contributed by atoms with van der Waals surface area (Å²) in [6, 6.07) is 55.0. The molecule has 50 heavy (non-hydrogen) atoms. The monoisotopic (exact) mass is 670 g/mol. The van der Waals surface area contributed by atoms with E-state index in [9.17, 15) is 0 Å². The zero-order chi connectivity index (χ0) is 32.8. The number of fused-ring (bicyclic) bond motifs is 12. The molecule has 3 aromatic heterocycles. The van der Waals surface area contributed by atoms with E-state index in [4.69, 9.17) is 9.97 Å². The summed E-state index contributed by atoms with van der Waals surface area (Å²) < 4.78 is 5.22. The van der Waals surface area contributed by atoms with Crippen LogP contribution in [0.3, 0.4) is 0 Å². The molecule has 0 unspecified atom stereocenters. The van der Waals surface area contributed by atoms with Crippen molar-refractivity contribution >= 4 is 95.6 Å². The van der Waals surface area contributed by atoms with Crippen molar-refractivity contribution in [3.8, 4) is 33.5 Å². The molecule has 0 saturated carbocycles. The fraction of sp³-hybridized carbons (Fsp3) is 0. The smallest absolute Gasteiger partial charge is 0.0979 e. The van der Waals surface area contributed by atoms with Crippen LogP contribution in [-0.4, -0.2) is 9.97 Å². The van der Waals surface area contributed by atoms with Crippen LogP contribution in [0.15, 0.2) is 158 Å². The standard InChI is InChI=1S/C46H26N2S2/c1-3-15-36-32(11-1)33-12-2-4-16-37(33)44-43(36)47-26-40(48-44)29-24-27(30-17-9-19-38-34-13-5-7-21-41(34)49-45(30)38)23-28(25-29)31-18-10-20-39-35-14-6-8-22-42(35)50-46(31)39/h1-26H. The molecule has 0 fully saturated rings. The van der Waals surface area contributed by atoms with E-state index in [-0.39, 0.29) is 0 Å². The lowest BCUT2D eigenvalue weighted by atomic mass is 9.93. The maximum atomic E-state index is 5.43. The van der Waals surface area contributed by atoms with E-state index in [0.717, 1.165) is 33.1 Å². The molecule has 4 heteroatoms. The Morgan fingerprint density at radius 2 is 0.800 bits per heavy atom. The van der Waals surface area contributed by atoms with Crippen LogP contribution in [0, 0.1) is 0 Å². The van der Waals surface area contributed by atoms with Crippen molar-refractivity contribution in [3.63, 3.8) is 0 Å². The topological polar surface area (TPSA) is 25.8 Å². The quantitative estimate of drug-likeness (QED) is 0.175. The van der Waals surface area contributed by atoms with Crippen LogP contribution in [0.2, 0.25) is 0 Å². The van der Waals surface area contributed by atoms with Gasteiger partial charge in [-0.2, -0.15) is 0 Å². The molecule has 3 heterocycles. The van der Waals surface area contributed by atoms with Crippen molar-refractivity contribution in [1.82, 2.24) is 9.97 Å². The van der Waals surface area contributed by atoms with Gasteiger partial charge in [-0.25, -0.2) is 4.98 Å². The molecule has 0 atom stereocenters. The van der Waals surface area contributed by atoms with E-state index in [1.807, 2.05) is 28.9 Å². The average Bonchev–Trinajstić information content (AvgIpc) is 3.76. The predicted molar refractivity (Wildman–Crippen MR) is 217 cm³/mol. The molecule has 0 aliphatic carbocycles. The Hall–Kier alpha value is -5.94. The van der Waals surface area contributed by atoms with Crippen LogP contribution in [0.4, 0.5) is 0 Å². The molecule has 0 saturated heterocycles. The van der Waals surface area contributed by atoms with Gasteiger partial charge in [-0.1, -0.05) is 121 Å². The van der Waals surface area contributed by atoms with Crippen LogP contribution in [0.1, 0.15) is 0 Å². The first-order chi connectivity index (χ1) is 24.8. The molecule has 0 N–H and O–H groups in total. The lowest BCUT2D eigenvalue weighted by molar-refractivity contribution is 1.31. The van der Waals surface area contributed by atoms with Gasteiger partial charge in [-0.3, -0.25) is 4.98 Å². The second-order valence-corrected chi connectivity index (χ2v) is 15.0. The number of aromatic nitrogens is 2. The van der Waals surface area contributed by atoms with Crippen molar-refractivity contribution in [3.05, 3.63) is 158 Å². The van der Waals surface area contributed by atoms with E-state index < -0.39 is 0 Å². The summed E-state index contributed by atoms with van der Waals surface area (Å²) in [7, 11) is 0. The molecule has 11 aromatic rings. The largest absolute Gasteiger partial charge is 0.252 e. The minimum Gasteiger partial charge on any atom is -0.252 e. The lowest BCUT2D eigenvalue weighted by Gasteiger charge is -2.14. The second-order valence-electron chi connectivity index (χ2n) is 12.9. The first-order valence-electron chi connectivity index (χ1n) is 16.8. The number of nitrogens with zero attached hydrogens (tertiary/aromatic N) is 2. The van der Waals surface area contributed by atoms with E-state index in [1.165, 1.54) is 73.4 Å². The minimum absolute atomic E-state index is 0.869. The summed E-state index contributed by atoms with van der Waals surface area (Å²) in [6.45, 7) is 0. The van der Waals surface area contributed by atoms with Gasteiger partial charge < -0.3 is 0 Å². The number of thiophene rings is 2. The number of benzene rings is 8. The molecule has 0 aliphatic rings. The SMILES string of the molecule is c1ccc2c(c1)sc1c(-c3cc(-c4cnc5c6ccccc6c6ccccc6c5n4)cc(-c4cccc5c4sc4ccccc45)c3)cccc12. The molecule has 232 valence electrons. The number of hydrogen-bond acceptors (Lipinski definition) is 4. The van der Waals surface area contributed by atoms with Gasteiger partial charge in [-0.15, -0.1) is 22.7 Å². The van der Waals surface area contributed by atoms with Gasteiger partial charge in [0.25, 0.3) is 0 Å². The van der Waals surface area contributed by atoms with Crippen molar-refractivity contribution in [1.29, 1.82) is 0 Å². The first kappa shape index (κ1) is 28.0. The zero-order valence-electron chi connectivity index (χ0n) is 26.7. The molecule has 2 nitrogen and oxygen atoms in total. The van der Waals surface area contributed by atoms with E-state index >= 15 is 0 Å². The molecule has 0 bridgehead atoms. The molecule has 8 aromatic carbocycles. The van der Waals surface area contributed by atoms with Crippen molar-refractivity contribution in [2.45, 2.75) is 0 Å². The summed E-state index contributed by atoms with van der Waals surface area (Å²) in [5.74, 6) is 0. The molecule has 0 spiro atoms. The van der Waals surface area contributed by atoms with Gasteiger partial charge in [0.15, 0.2) is 0 Å². The van der Waals surface area contributed by atoms with Crippen LogP contribution in [-0.2, 0) is 0 Å². The van der Waals surface area contributed by atoms with Gasteiger partial charge >= 0.3 is 0 Å². The van der Waals surface area contributed by atoms with Crippen molar-refractivity contribution < 1.29 is 0 Å². The fourth-order valence-electron chi connectivity index (χ4n) is 7.80. The van der Waals surface area contributed by atoms with Gasteiger partial charge in [0.2, 0.25) is 0 Å². The van der Waals surface area contributed by atoms with Crippen molar-refractivity contribution in [2.75, 3.05) is 0 Å². The normalized spacial score (nSPS) is 12.0. The maximum Gasteiger partial charge on any atom is 0.0979 e. The third kappa shape index (κ3) is 4.13. The summed E-state index contributed by atoms with van der Waals surface area (Å²) in [5.41, 5.74) is 8.62. The predicted octanol–water partition coefficient (Wildman–Crippen LogP) is 13.7. The summed E-state index contributed by atoms with van der Waals surface area (Å²) in [4.78, 5) is 10.6. The summed E-state index contributed by atoms with van der Waals surface area (Å²) in [5, 5.41) is 9.86. The summed E-state index contributed by atoms with van der Waals surface area (Å²) in [6.07, 6.45) is 1.96. The highest BCUT2D eigenvalue weighted by molar-refractivity contribution is 7.26. The molecular weight excluding hydrogens is 645 g/mol. The highest BCUT2D eigenvalue weighted by atomic mass is 32.1. The van der Waals surface area contributed by atoms with Gasteiger partial charge in [0.05, 0.1) is 22.9 Å². The Morgan fingerprint density at radius 3 is 1.36 bits per heavy atom. The van der Waals surface area contributed by atoms with Crippen LogP contribution >= 0.6 is 22.7 Å². The minimum atomic E-state index is 0.869. The maximum absolute atomic E-state index is 5.43. The molecule has 11 rings (SSSR count). The Balaban J connectivity index is 1.21. The Morgan fingerprint density at radius 1 is 0.360 bits per heavy atom. The van der Waals surface area contributed by atoms with Crippen LogP contribution < -0.4 is 0 Å². The van der Waals surface area contributed by atoms with Crippen LogP contribution in [0.5, 0.6) is 0 Å². The van der Waals surface area contributed by atoms with Crippen LogP contribution in [0.25, 0.3) is 106 Å². The number of hydrogen-bond donors (Lipinski definition) is 0. The number of rotatable bonds is 3. The second kappa shape index (κ2) is 10.8. The van der Waals surface area contributed by atoms with E-state index in [1.54, 1.807) is 0 Å². The van der Waals surface area contributed by atoms with E-state index in [0.29, 0.717) is 0 Å². The third-order valence-corrected chi connectivity index (χ3v) is 12.5. The Kier molecular flexibility index (Phi) is 6.03. The highest BCUT2D eigenvalue weighted by Gasteiger charge is 2.17.